The fraction of sp³-hybridized carbons (Fsp3) is 0.100. The molecule has 0 radical (unpaired) electrons. The van der Waals surface area contributed by atoms with Crippen molar-refractivity contribution in [3.63, 3.8) is 0 Å². The Balaban J connectivity index is 3.14. The molecule has 1 aromatic rings. The Bertz CT molecular complexity index is 438. The third-order valence-electron chi connectivity index (χ3n) is 1.73. The Labute approximate surface area is 97.5 Å². The maximum Gasteiger partial charge on any atom is 0.416 e. The monoisotopic (exact) mass is 294 g/mol. The van der Waals surface area contributed by atoms with Gasteiger partial charge in [-0.25, -0.2) is 4.79 Å². The van der Waals surface area contributed by atoms with Crippen molar-refractivity contribution in [1.82, 2.24) is 0 Å². The quantitative estimate of drug-likeness (QED) is 0.847. The summed E-state index contributed by atoms with van der Waals surface area (Å²) in [6.07, 6.45) is -2.56. The second kappa shape index (κ2) is 4.69. The molecular formula is C10H6BrF3O2. The Morgan fingerprint density at radius 3 is 2.50 bits per heavy atom. The number of carbonyl (C=O) groups is 1. The number of carboxylic acid groups (broad SMARTS) is 1. The van der Waals surface area contributed by atoms with E-state index < -0.39 is 17.7 Å². The molecule has 0 fully saturated rings. The van der Waals surface area contributed by atoms with E-state index in [1.165, 1.54) is 6.07 Å². The SMILES string of the molecule is O=C(O)/C=C/c1cc(C(F)(F)F)ccc1Br. The van der Waals surface area contributed by atoms with Gasteiger partial charge in [-0.2, -0.15) is 13.2 Å². The van der Waals surface area contributed by atoms with Crippen molar-refractivity contribution >= 4 is 28.0 Å². The average molecular weight is 295 g/mol. The highest BCUT2D eigenvalue weighted by Crippen LogP contribution is 2.32. The smallest absolute Gasteiger partial charge is 0.416 e. The molecule has 0 amide bonds. The lowest BCUT2D eigenvalue weighted by molar-refractivity contribution is -0.137. The lowest BCUT2D eigenvalue weighted by Crippen LogP contribution is -2.04. The molecule has 0 unspecified atom stereocenters. The van der Waals surface area contributed by atoms with Crippen LogP contribution in [0.2, 0.25) is 0 Å². The van der Waals surface area contributed by atoms with Gasteiger partial charge in [-0.1, -0.05) is 15.9 Å². The summed E-state index contributed by atoms with van der Waals surface area (Å²) >= 11 is 3.04. The summed E-state index contributed by atoms with van der Waals surface area (Å²) in [6, 6.07) is 3.02. The number of rotatable bonds is 2. The summed E-state index contributed by atoms with van der Waals surface area (Å²) in [4.78, 5) is 10.2. The Morgan fingerprint density at radius 1 is 1.38 bits per heavy atom. The molecule has 0 aliphatic carbocycles. The highest BCUT2D eigenvalue weighted by molar-refractivity contribution is 9.10. The minimum atomic E-state index is -4.44. The fourth-order valence-electron chi connectivity index (χ4n) is 1.01. The second-order valence-corrected chi connectivity index (χ2v) is 3.76. The van der Waals surface area contributed by atoms with Crippen molar-refractivity contribution in [2.75, 3.05) is 0 Å². The first kappa shape index (κ1) is 12.8. The molecule has 0 saturated heterocycles. The third-order valence-corrected chi connectivity index (χ3v) is 2.45. The van der Waals surface area contributed by atoms with Crippen molar-refractivity contribution in [2.45, 2.75) is 6.18 Å². The van der Waals surface area contributed by atoms with Crippen molar-refractivity contribution < 1.29 is 23.1 Å². The number of benzene rings is 1. The maximum atomic E-state index is 12.3. The van der Waals surface area contributed by atoms with Crippen LogP contribution in [0.15, 0.2) is 28.7 Å². The van der Waals surface area contributed by atoms with Gasteiger partial charge in [0.25, 0.3) is 0 Å². The second-order valence-electron chi connectivity index (χ2n) is 2.91. The normalized spacial score (nSPS) is 12.0. The minimum Gasteiger partial charge on any atom is -0.478 e. The zero-order valence-electron chi connectivity index (χ0n) is 7.75. The standard InChI is InChI=1S/C10H6BrF3O2/c11-8-3-2-7(10(12,13)14)5-6(8)1-4-9(15)16/h1-5H,(H,15,16)/b4-1+. The van der Waals surface area contributed by atoms with Gasteiger partial charge in [-0.15, -0.1) is 0 Å². The van der Waals surface area contributed by atoms with Crippen LogP contribution in [0.5, 0.6) is 0 Å². The Kier molecular flexibility index (Phi) is 3.74. The van der Waals surface area contributed by atoms with Crippen LogP contribution in [0.3, 0.4) is 0 Å². The molecule has 86 valence electrons. The van der Waals surface area contributed by atoms with E-state index in [0.29, 0.717) is 4.47 Å². The summed E-state index contributed by atoms with van der Waals surface area (Å²) in [6.45, 7) is 0. The van der Waals surface area contributed by atoms with Gasteiger partial charge in [0.15, 0.2) is 0 Å². The van der Waals surface area contributed by atoms with Gasteiger partial charge in [-0.05, 0) is 29.8 Å². The molecule has 2 nitrogen and oxygen atoms in total. The predicted octanol–water partition coefficient (Wildman–Crippen LogP) is 3.57. The lowest BCUT2D eigenvalue weighted by Gasteiger charge is -2.08. The summed E-state index contributed by atoms with van der Waals surface area (Å²) in [5.41, 5.74) is -0.655. The van der Waals surface area contributed by atoms with Crippen molar-refractivity contribution in [2.24, 2.45) is 0 Å². The van der Waals surface area contributed by atoms with E-state index in [-0.39, 0.29) is 5.56 Å². The molecule has 1 N–H and O–H groups in total. The van der Waals surface area contributed by atoms with Crippen LogP contribution in [0.1, 0.15) is 11.1 Å². The Hall–Kier alpha value is -1.30. The topological polar surface area (TPSA) is 37.3 Å². The van der Waals surface area contributed by atoms with Gasteiger partial charge in [0.05, 0.1) is 5.56 Å². The number of hydrogen-bond acceptors (Lipinski definition) is 1. The number of halogens is 4. The van der Waals surface area contributed by atoms with Crippen LogP contribution in [0.4, 0.5) is 13.2 Å². The minimum absolute atomic E-state index is 0.164. The molecule has 0 aliphatic heterocycles. The van der Waals surface area contributed by atoms with Crippen LogP contribution in [0.25, 0.3) is 6.08 Å². The molecule has 16 heavy (non-hydrogen) atoms. The number of hydrogen-bond donors (Lipinski definition) is 1. The van der Waals surface area contributed by atoms with Gasteiger partial charge in [-0.3, -0.25) is 0 Å². The summed E-state index contributed by atoms with van der Waals surface area (Å²) in [7, 11) is 0. The number of aliphatic carboxylic acids is 1. The van der Waals surface area contributed by atoms with Crippen LogP contribution in [0, 0.1) is 0 Å². The summed E-state index contributed by atoms with van der Waals surface area (Å²) < 4.78 is 37.4. The van der Waals surface area contributed by atoms with Crippen LogP contribution in [-0.2, 0) is 11.0 Å². The molecule has 1 aromatic carbocycles. The van der Waals surface area contributed by atoms with Crippen LogP contribution < -0.4 is 0 Å². The van der Waals surface area contributed by atoms with Gasteiger partial charge in [0, 0.05) is 10.5 Å². The van der Waals surface area contributed by atoms with E-state index in [1.54, 1.807) is 0 Å². The van der Waals surface area contributed by atoms with E-state index in [0.717, 1.165) is 24.3 Å². The highest BCUT2D eigenvalue weighted by Gasteiger charge is 2.30. The molecule has 6 heteroatoms. The zero-order valence-corrected chi connectivity index (χ0v) is 9.34. The van der Waals surface area contributed by atoms with Gasteiger partial charge in [0.1, 0.15) is 0 Å². The molecule has 1 rings (SSSR count). The maximum absolute atomic E-state index is 12.3. The van der Waals surface area contributed by atoms with E-state index in [2.05, 4.69) is 15.9 Å². The first-order valence-corrected chi connectivity index (χ1v) is 4.88. The molecule has 0 heterocycles. The van der Waals surface area contributed by atoms with Crippen molar-refractivity contribution in [3.8, 4) is 0 Å². The predicted molar refractivity (Wildman–Crippen MR) is 55.8 cm³/mol. The summed E-state index contributed by atoms with van der Waals surface area (Å²) in [5, 5.41) is 8.37. The molecule has 0 bridgehead atoms. The molecule has 0 atom stereocenters. The molecule has 0 aromatic heterocycles. The fourth-order valence-corrected chi connectivity index (χ4v) is 1.39. The van der Waals surface area contributed by atoms with Gasteiger partial charge in [0.2, 0.25) is 0 Å². The van der Waals surface area contributed by atoms with Gasteiger partial charge >= 0.3 is 12.1 Å². The molecule has 0 aliphatic rings. The van der Waals surface area contributed by atoms with E-state index in [4.69, 9.17) is 5.11 Å². The van der Waals surface area contributed by atoms with E-state index >= 15 is 0 Å². The first-order valence-electron chi connectivity index (χ1n) is 4.08. The highest BCUT2D eigenvalue weighted by atomic mass is 79.9. The van der Waals surface area contributed by atoms with Gasteiger partial charge < -0.3 is 5.11 Å². The van der Waals surface area contributed by atoms with Crippen LogP contribution >= 0.6 is 15.9 Å². The van der Waals surface area contributed by atoms with Crippen LogP contribution in [-0.4, -0.2) is 11.1 Å². The van der Waals surface area contributed by atoms with E-state index in [9.17, 15) is 18.0 Å². The zero-order chi connectivity index (χ0) is 12.3. The summed E-state index contributed by atoms with van der Waals surface area (Å²) in [5.74, 6) is -1.22. The molecular weight excluding hydrogens is 289 g/mol. The number of alkyl halides is 3. The molecule has 0 spiro atoms. The van der Waals surface area contributed by atoms with Crippen molar-refractivity contribution in [1.29, 1.82) is 0 Å². The third kappa shape index (κ3) is 3.37. The van der Waals surface area contributed by atoms with Crippen molar-refractivity contribution in [3.05, 3.63) is 39.9 Å². The first-order chi connectivity index (χ1) is 7.30. The van der Waals surface area contributed by atoms with E-state index in [1.807, 2.05) is 0 Å². The largest absolute Gasteiger partial charge is 0.478 e. The average Bonchev–Trinajstić information content (AvgIpc) is 2.14. The molecule has 0 saturated carbocycles. The lowest BCUT2D eigenvalue weighted by atomic mass is 10.1. The number of carboxylic acids is 1. The Morgan fingerprint density at radius 2 is 2.00 bits per heavy atom.